The second-order valence-corrected chi connectivity index (χ2v) is 3.71. The molecule has 2 N–H and O–H groups in total. The van der Waals surface area contributed by atoms with Crippen LogP contribution in [0.25, 0.3) is 0 Å². The van der Waals surface area contributed by atoms with Crippen LogP contribution >= 0.6 is 0 Å². The fraction of sp³-hybridized carbons (Fsp3) is 0.167. The van der Waals surface area contributed by atoms with Gasteiger partial charge in [0.05, 0.1) is 0 Å². The number of nitrogens with one attached hydrogen (secondary N) is 2. The maximum absolute atomic E-state index is 11.9. The Morgan fingerprint density at radius 3 is 3.11 bits per heavy atom. The van der Waals surface area contributed by atoms with E-state index >= 15 is 0 Å². The zero-order valence-corrected chi connectivity index (χ0v) is 10.4. The molecule has 98 valence electrons. The Kier molecular flexibility index (Phi) is 3.87. The van der Waals surface area contributed by atoms with Gasteiger partial charge in [-0.1, -0.05) is 11.2 Å². The fourth-order valence-corrected chi connectivity index (χ4v) is 1.34. The van der Waals surface area contributed by atoms with Crippen LogP contribution in [0.5, 0.6) is 0 Å². The van der Waals surface area contributed by atoms with Crippen molar-refractivity contribution < 1.29 is 9.32 Å². The topological polar surface area (TPSA) is 92.9 Å². The molecule has 7 nitrogen and oxygen atoms in total. The smallest absolute Gasteiger partial charge is 0.275 e. The number of aromatic nitrogens is 3. The molecule has 0 saturated heterocycles. The minimum Gasteiger partial charge on any atom is -0.360 e. The van der Waals surface area contributed by atoms with Crippen molar-refractivity contribution in [3.05, 3.63) is 42.4 Å². The summed E-state index contributed by atoms with van der Waals surface area (Å²) in [5.41, 5.74) is 0.238. The summed E-state index contributed by atoms with van der Waals surface area (Å²) in [5, 5.41) is 9.16. The molecule has 0 unspecified atom stereocenters. The van der Waals surface area contributed by atoms with Crippen LogP contribution in [0.1, 0.15) is 16.2 Å². The lowest BCUT2D eigenvalue weighted by Gasteiger charge is -2.04. The number of carbonyl (C=O) groups is 1. The minimum absolute atomic E-state index is 0.238. The normalized spacial score (nSPS) is 9.95. The van der Waals surface area contributed by atoms with E-state index < -0.39 is 0 Å². The van der Waals surface area contributed by atoms with E-state index in [1.165, 1.54) is 12.3 Å². The van der Waals surface area contributed by atoms with E-state index in [1.807, 2.05) is 0 Å². The van der Waals surface area contributed by atoms with Crippen LogP contribution in [0.15, 0.2) is 35.5 Å². The number of hydrogen-bond donors (Lipinski definition) is 2. The van der Waals surface area contributed by atoms with Crippen molar-refractivity contribution in [2.24, 2.45) is 0 Å². The number of nitrogens with zero attached hydrogens (tertiary/aromatic N) is 3. The summed E-state index contributed by atoms with van der Waals surface area (Å²) in [6, 6.07) is 3.14. The summed E-state index contributed by atoms with van der Waals surface area (Å²) in [4.78, 5) is 20.0. The van der Waals surface area contributed by atoms with Crippen molar-refractivity contribution in [1.29, 1.82) is 0 Å². The van der Waals surface area contributed by atoms with Crippen molar-refractivity contribution in [3.8, 4) is 0 Å². The summed E-state index contributed by atoms with van der Waals surface area (Å²) in [6.45, 7) is 5.84. The monoisotopic (exact) mass is 259 g/mol. The predicted octanol–water partition coefficient (Wildman–Crippen LogP) is 1.62. The van der Waals surface area contributed by atoms with Crippen molar-refractivity contribution in [1.82, 2.24) is 15.1 Å². The largest absolute Gasteiger partial charge is 0.360 e. The van der Waals surface area contributed by atoms with E-state index in [0.717, 1.165) is 0 Å². The van der Waals surface area contributed by atoms with Crippen LogP contribution in [0, 0.1) is 6.92 Å². The highest BCUT2D eigenvalue weighted by Gasteiger charge is 2.11. The first-order valence-electron chi connectivity index (χ1n) is 5.61. The molecule has 0 spiro atoms. The van der Waals surface area contributed by atoms with E-state index in [9.17, 15) is 4.79 Å². The molecule has 0 radical (unpaired) electrons. The third-order valence-electron chi connectivity index (χ3n) is 2.16. The van der Waals surface area contributed by atoms with Gasteiger partial charge >= 0.3 is 0 Å². The van der Waals surface area contributed by atoms with Crippen LogP contribution in [-0.2, 0) is 0 Å². The van der Waals surface area contributed by atoms with Gasteiger partial charge in [-0.25, -0.2) is 9.97 Å². The number of carbonyl (C=O) groups excluding carboxylic acids is 1. The number of hydrogen-bond acceptors (Lipinski definition) is 6. The third kappa shape index (κ3) is 3.38. The molecule has 19 heavy (non-hydrogen) atoms. The van der Waals surface area contributed by atoms with Gasteiger partial charge in [0.15, 0.2) is 5.82 Å². The average Bonchev–Trinajstić information content (AvgIpc) is 2.82. The molecule has 2 rings (SSSR count). The number of amides is 1. The Hall–Kier alpha value is -2.70. The first-order valence-corrected chi connectivity index (χ1v) is 5.61. The van der Waals surface area contributed by atoms with Gasteiger partial charge in [0.1, 0.15) is 11.5 Å². The summed E-state index contributed by atoms with van der Waals surface area (Å²) < 4.78 is 4.86. The molecule has 0 aliphatic heterocycles. The predicted molar refractivity (Wildman–Crippen MR) is 69.9 cm³/mol. The second-order valence-electron chi connectivity index (χ2n) is 3.71. The van der Waals surface area contributed by atoms with Crippen LogP contribution in [-0.4, -0.2) is 27.6 Å². The Morgan fingerprint density at radius 1 is 1.58 bits per heavy atom. The second kappa shape index (κ2) is 5.76. The molecule has 1 amide bonds. The van der Waals surface area contributed by atoms with Gasteiger partial charge in [0.25, 0.3) is 5.91 Å². The molecule has 0 fully saturated rings. The molecule has 2 aromatic rings. The zero-order valence-electron chi connectivity index (χ0n) is 10.4. The van der Waals surface area contributed by atoms with Gasteiger partial charge in [-0.05, 0) is 13.0 Å². The molecule has 0 aliphatic carbocycles. The molecule has 7 heteroatoms. The maximum atomic E-state index is 11.9. The van der Waals surface area contributed by atoms with Crippen LogP contribution in [0.2, 0.25) is 0 Å². The lowest BCUT2D eigenvalue weighted by molar-refractivity contribution is 0.102. The number of anilines is 2. The van der Waals surface area contributed by atoms with E-state index in [1.54, 1.807) is 19.1 Å². The molecule has 0 aliphatic rings. The lowest BCUT2D eigenvalue weighted by atomic mass is 10.3. The molecule has 0 bridgehead atoms. The fourth-order valence-electron chi connectivity index (χ4n) is 1.34. The number of aryl methyl sites for hydroxylation is 1. The highest BCUT2D eigenvalue weighted by atomic mass is 16.5. The van der Waals surface area contributed by atoms with Gasteiger partial charge in [-0.2, -0.15) is 0 Å². The van der Waals surface area contributed by atoms with E-state index in [0.29, 0.717) is 24.1 Å². The van der Waals surface area contributed by atoms with Gasteiger partial charge in [0, 0.05) is 18.8 Å². The van der Waals surface area contributed by atoms with Crippen molar-refractivity contribution in [2.45, 2.75) is 6.92 Å². The summed E-state index contributed by atoms with van der Waals surface area (Å²) in [7, 11) is 0. The maximum Gasteiger partial charge on any atom is 0.275 e. The summed E-state index contributed by atoms with van der Waals surface area (Å²) in [5.74, 6) is 0.953. The minimum atomic E-state index is -0.377. The zero-order chi connectivity index (χ0) is 13.7. The molecule has 0 saturated carbocycles. The standard InChI is InChI=1S/C12H13N5O2/c1-3-5-13-12-14-6-4-9(15-12)11(18)16-10-7-8(2)19-17-10/h3-4,6-7H,1,5H2,2H3,(H,13,14,15)(H,16,17,18). The summed E-state index contributed by atoms with van der Waals surface area (Å²) >= 11 is 0. The van der Waals surface area contributed by atoms with Crippen LogP contribution < -0.4 is 10.6 Å². The van der Waals surface area contributed by atoms with Crippen molar-refractivity contribution in [3.63, 3.8) is 0 Å². The quantitative estimate of drug-likeness (QED) is 0.792. The van der Waals surface area contributed by atoms with Crippen molar-refractivity contribution in [2.75, 3.05) is 17.2 Å². The molecule has 2 aromatic heterocycles. The molecular formula is C12H13N5O2. The Labute approximate surface area is 109 Å². The first kappa shape index (κ1) is 12.7. The summed E-state index contributed by atoms with van der Waals surface area (Å²) in [6.07, 6.45) is 3.18. The lowest BCUT2D eigenvalue weighted by Crippen LogP contribution is -2.15. The SMILES string of the molecule is C=CCNc1nccc(C(=O)Nc2cc(C)on2)n1. The average molecular weight is 259 g/mol. The van der Waals surface area contributed by atoms with Crippen LogP contribution in [0.3, 0.4) is 0 Å². The van der Waals surface area contributed by atoms with Gasteiger partial charge in [-0.3, -0.25) is 4.79 Å². The molecule has 0 aromatic carbocycles. The third-order valence-corrected chi connectivity index (χ3v) is 2.16. The van der Waals surface area contributed by atoms with Gasteiger partial charge < -0.3 is 15.2 Å². The van der Waals surface area contributed by atoms with E-state index in [2.05, 4.69) is 32.3 Å². The highest BCUT2D eigenvalue weighted by Crippen LogP contribution is 2.09. The molecule has 0 atom stereocenters. The Morgan fingerprint density at radius 2 is 2.42 bits per heavy atom. The van der Waals surface area contributed by atoms with Crippen LogP contribution in [0.4, 0.5) is 11.8 Å². The van der Waals surface area contributed by atoms with Crippen molar-refractivity contribution >= 4 is 17.7 Å². The Balaban J connectivity index is 2.08. The number of rotatable bonds is 5. The van der Waals surface area contributed by atoms with E-state index in [-0.39, 0.29) is 11.6 Å². The molecular weight excluding hydrogens is 246 g/mol. The Bertz CT molecular complexity index is 593. The van der Waals surface area contributed by atoms with E-state index in [4.69, 9.17) is 4.52 Å². The highest BCUT2D eigenvalue weighted by molar-refractivity contribution is 6.02. The first-order chi connectivity index (χ1) is 9.19. The van der Waals surface area contributed by atoms with Gasteiger partial charge in [-0.15, -0.1) is 6.58 Å². The van der Waals surface area contributed by atoms with Gasteiger partial charge in [0.2, 0.25) is 5.95 Å². The molecule has 2 heterocycles.